The number of carbonyl (C=O) groups is 1. The number of sulfonamides is 1. The van der Waals surface area contributed by atoms with Crippen molar-refractivity contribution in [1.29, 1.82) is 0 Å². The van der Waals surface area contributed by atoms with E-state index >= 15 is 0 Å². The number of hydrogen-bond acceptors (Lipinski definition) is 6. The molecule has 30 heavy (non-hydrogen) atoms. The molecule has 0 saturated heterocycles. The van der Waals surface area contributed by atoms with Gasteiger partial charge in [-0.25, -0.2) is 8.42 Å². The van der Waals surface area contributed by atoms with Crippen molar-refractivity contribution in [2.75, 3.05) is 7.11 Å². The molecule has 2 N–H and O–H groups in total. The molecular weight excluding hydrogens is 424 g/mol. The Bertz CT molecular complexity index is 1320. The smallest absolute Gasteiger partial charge is 0.286 e. The number of nitrogens with one attached hydrogen (secondary N) is 1. The van der Waals surface area contributed by atoms with Crippen LogP contribution in [0.3, 0.4) is 0 Å². The lowest BCUT2D eigenvalue weighted by Crippen LogP contribution is -2.27. The Labute approximate surface area is 177 Å². The molecule has 0 spiro atoms. The Morgan fingerprint density at radius 1 is 1.10 bits per heavy atom. The maximum atomic E-state index is 12.9. The number of carbonyl (C=O) groups excluding carboxylic acids is 1. The molecule has 9 heteroatoms. The molecule has 0 unspecified atom stereocenters. The highest BCUT2D eigenvalue weighted by Crippen LogP contribution is 2.32. The van der Waals surface area contributed by atoms with E-state index in [1.807, 2.05) is 18.2 Å². The molecule has 7 nitrogen and oxygen atoms in total. The van der Waals surface area contributed by atoms with Crippen LogP contribution in [0.1, 0.15) is 5.56 Å². The van der Waals surface area contributed by atoms with Crippen LogP contribution in [-0.4, -0.2) is 31.7 Å². The van der Waals surface area contributed by atoms with Crippen LogP contribution in [0.2, 0.25) is 0 Å². The number of phenols is 1. The first kappa shape index (κ1) is 20.0. The predicted molar refractivity (Wildman–Crippen MR) is 117 cm³/mol. The molecule has 0 fully saturated rings. The minimum absolute atomic E-state index is 0.0306. The van der Waals surface area contributed by atoms with Crippen LogP contribution >= 0.6 is 11.8 Å². The van der Waals surface area contributed by atoms with E-state index in [1.165, 1.54) is 25.3 Å². The number of methoxy groups -OCH3 is 1. The number of aliphatic imine (C=N–C) groups is 1. The third-order valence-electron chi connectivity index (χ3n) is 4.38. The maximum Gasteiger partial charge on any atom is 0.286 e. The molecule has 152 valence electrons. The number of ether oxygens (including phenoxy) is 1. The number of nitrogens with zero attached hydrogens (tertiary/aromatic N) is 1. The minimum atomic E-state index is -3.94. The van der Waals surface area contributed by atoms with Crippen molar-refractivity contribution in [1.82, 2.24) is 4.72 Å². The minimum Gasteiger partial charge on any atom is -0.504 e. The van der Waals surface area contributed by atoms with Gasteiger partial charge >= 0.3 is 0 Å². The highest BCUT2D eigenvalue weighted by atomic mass is 32.2. The third-order valence-corrected chi connectivity index (χ3v) is 6.81. The van der Waals surface area contributed by atoms with Gasteiger partial charge in [0.25, 0.3) is 15.9 Å². The van der Waals surface area contributed by atoms with Gasteiger partial charge < -0.3 is 9.84 Å². The summed E-state index contributed by atoms with van der Waals surface area (Å²) in [6, 6.07) is 16.8. The van der Waals surface area contributed by atoms with Crippen LogP contribution in [0.4, 0.5) is 0 Å². The first-order chi connectivity index (χ1) is 14.4. The summed E-state index contributed by atoms with van der Waals surface area (Å²) < 4.78 is 33.2. The molecule has 0 aliphatic carbocycles. The van der Waals surface area contributed by atoms with Crippen molar-refractivity contribution in [2.24, 2.45) is 4.99 Å². The van der Waals surface area contributed by atoms with E-state index in [2.05, 4.69) is 9.71 Å². The molecule has 0 bridgehead atoms. The first-order valence-corrected chi connectivity index (χ1v) is 11.1. The van der Waals surface area contributed by atoms with Crippen LogP contribution in [0.15, 0.2) is 75.5 Å². The molecule has 3 aromatic carbocycles. The third kappa shape index (κ3) is 3.89. The van der Waals surface area contributed by atoms with E-state index in [0.717, 1.165) is 17.1 Å². The highest BCUT2D eigenvalue weighted by molar-refractivity contribution is 8.19. The Kier molecular flexibility index (Phi) is 5.23. The van der Waals surface area contributed by atoms with Crippen molar-refractivity contribution < 1.29 is 23.1 Å². The van der Waals surface area contributed by atoms with Gasteiger partial charge in [-0.3, -0.25) is 9.52 Å². The van der Waals surface area contributed by atoms with Crippen molar-refractivity contribution in [3.05, 3.63) is 71.1 Å². The van der Waals surface area contributed by atoms with Crippen molar-refractivity contribution in [3.8, 4) is 11.5 Å². The quantitative estimate of drug-likeness (QED) is 0.602. The number of amidine groups is 1. The van der Waals surface area contributed by atoms with Gasteiger partial charge in [0.1, 0.15) is 0 Å². The molecule has 3 aromatic rings. The van der Waals surface area contributed by atoms with E-state index in [0.29, 0.717) is 16.7 Å². The van der Waals surface area contributed by atoms with Gasteiger partial charge in [-0.15, -0.1) is 0 Å². The average molecular weight is 441 g/mol. The van der Waals surface area contributed by atoms with E-state index in [9.17, 15) is 18.3 Å². The van der Waals surface area contributed by atoms with Gasteiger partial charge in [0.15, 0.2) is 16.7 Å². The van der Waals surface area contributed by atoms with E-state index in [1.54, 1.807) is 30.3 Å². The molecule has 1 amide bonds. The first-order valence-electron chi connectivity index (χ1n) is 8.77. The number of benzene rings is 3. The lowest BCUT2D eigenvalue weighted by atomic mass is 10.1. The van der Waals surface area contributed by atoms with Gasteiger partial charge in [0.2, 0.25) is 0 Å². The number of phenolic OH excluding ortho intramolecular Hbond substituents is 1. The number of aromatic hydroxyl groups is 1. The van der Waals surface area contributed by atoms with Gasteiger partial charge in [0.05, 0.1) is 16.9 Å². The predicted octanol–water partition coefficient (Wildman–Crippen LogP) is 3.50. The molecule has 1 aliphatic heterocycles. The van der Waals surface area contributed by atoms with Gasteiger partial charge in [-0.1, -0.05) is 42.5 Å². The summed E-state index contributed by atoms with van der Waals surface area (Å²) in [6.07, 6.45) is 1.52. The second-order valence-electron chi connectivity index (χ2n) is 6.35. The zero-order valence-corrected chi connectivity index (χ0v) is 17.3. The molecule has 1 heterocycles. The summed E-state index contributed by atoms with van der Waals surface area (Å²) >= 11 is 0.915. The fourth-order valence-electron chi connectivity index (χ4n) is 3.00. The second kappa shape index (κ2) is 7.85. The highest BCUT2D eigenvalue weighted by Gasteiger charge is 2.27. The largest absolute Gasteiger partial charge is 0.504 e. The molecule has 1 aliphatic rings. The lowest BCUT2D eigenvalue weighted by molar-refractivity contribution is -0.113. The zero-order valence-electron chi connectivity index (χ0n) is 15.7. The average Bonchev–Trinajstić information content (AvgIpc) is 3.05. The van der Waals surface area contributed by atoms with E-state index < -0.39 is 15.9 Å². The van der Waals surface area contributed by atoms with E-state index in [-0.39, 0.29) is 20.7 Å². The molecule has 0 aromatic heterocycles. The number of rotatable bonds is 4. The van der Waals surface area contributed by atoms with E-state index in [4.69, 9.17) is 4.74 Å². The summed E-state index contributed by atoms with van der Waals surface area (Å²) in [5.74, 6) is -0.326. The monoisotopic (exact) mass is 440 g/mol. The standard InChI is InChI=1S/C21H16N2O5S2/c1-28-17-10-9-13(11-16(17)24)12-18-20(25)22-21(29-18)23-30(26,27)19-8-4-6-14-5-2-3-7-15(14)19/h2-12,24H,1H3,(H,22,23,25). The number of fused-ring (bicyclic) bond motifs is 1. The zero-order chi connectivity index (χ0) is 21.3. The summed E-state index contributed by atoms with van der Waals surface area (Å²) in [5, 5.41) is 11.2. The summed E-state index contributed by atoms with van der Waals surface area (Å²) in [5.41, 5.74) is 0.553. The number of thioether (sulfide) groups is 1. The molecular formula is C21H16N2O5S2. The summed E-state index contributed by atoms with van der Waals surface area (Å²) in [4.78, 5) is 16.4. The Morgan fingerprint density at radius 2 is 1.87 bits per heavy atom. The van der Waals surface area contributed by atoms with Gasteiger partial charge in [0, 0.05) is 5.39 Å². The second-order valence-corrected chi connectivity index (χ2v) is 9.03. The van der Waals surface area contributed by atoms with Crippen LogP contribution in [0.5, 0.6) is 11.5 Å². The lowest BCUT2D eigenvalue weighted by Gasteiger charge is -2.09. The SMILES string of the molecule is COc1ccc(C=C2SC(NS(=O)(=O)c3cccc4ccccc34)=NC2=O)cc1O. The van der Waals surface area contributed by atoms with Gasteiger partial charge in [-0.05, 0) is 47.0 Å². The molecule has 0 atom stereocenters. The van der Waals surface area contributed by atoms with Crippen molar-refractivity contribution >= 4 is 49.7 Å². The van der Waals surface area contributed by atoms with Crippen LogP contribution in [0, 0.1) is 0 Å². The molecule has 4 rings (SSSR count). The van der Waals surface area contributed by atoms with Gasteiger partial charge in [-0.2, -0.15) is 4.99 Å². The normalized spacial score (nSPS) is 15.4. The van der Waals surface area contributed by atoms with Crippen molar-refractivity contribution in [2.45, 2.75) is 4.90 Å². The Morgan fingerprint density at radius 3 is 2.63 bits per heavy atom. The summed E-state index contributed by atoms with van der Waals surface area (Å²) in [6.45, 7) is 0. The number of hydrogen-bond donors (Lipinski definition) is 2. The Balaban J connectivity index is 1.58. The fraction of sp³-hybridized carbons (Fsp3) is 0.0476. The Hall–Kier alpha value is -3.30. The summed E-state index contributed by atoms with van der Waals surface area (Å²) in [7, 11) is -2.51. The number of amides is 1. The topological polar surface area (TPSA) is 105 Å². The maximum absolute atomic E-state index is 12.9. The molecule has 0 radical (unpaired) electrons. The molecule has 0 saturated carbocycles. The van der Waals surface area contributed by atoms with Crippen LogP contribution in [-0.2, 0) is 14.8 Å². The fourth-order valence-corrected chi connectivity index (χ4v) is 5.28. The van der Waals surface area contributed by atoms with Crippen LogP contribution < -0.4 is 9.46 Å². The van der Waals surface area contributed by atoms with Crippen molar-refractivity contribution in [3.63, 3.8) is 0 Å². The van der Waals surface area contributed by atoms with Crippen LogP contribution in [0.25, 0.3) is 16.8 Å².